The van der Waals surface area contributed by atoms with Gasteiger partial charge in [0.05, 0.1) is 17.7 Å². The van der Waals surface area contributed by atoms with Crippen LogP contribution in [0.5, 0.6) is 0 Å². The molecule has 0 spiro atoms. The number of rotatable bonds is 7. The van der Waals surface area contributed by atoms with Crippen molar-refractivity contribution in [3.63, 3.8) is 0 Å². The first kappa shape index (κ1) is 20.8. The van der Waals surface area contributed by atoms with E-state index >= 15 is 0 Å². The van der Waals surface area contributed by atoms with E-state index in [0.29, 0.717) is 11.8 Å². The molecule has 0 radical (unpaired) electrons. The number of benzene rings is 1. The molecule has 160 valence electrons. The minimum atomic E-state index is -3.63. The van der Waals surface area contributed by atoms with Crippen molar-refractivity contribution in [1.29, 1.82) is 0 Å². The standard InChI is InChI=1S/C22H27N3O4S/c26-22(25-14-11-19(17-25)24-12-1-2-13-24)10-7-18-5-8-21(9-6-18)30(27,28)23-16-20-4-3-15-29-20/h3-10,15,19,23H,1-2,11-14,16-17H2/b10-7+. The number of likely N-dealkylation sites (tertiary alicyclic amines) is 2. The maximum atomic E-state index is 12.5. The third kappa shape index (κ3) is 5.00. The van der Waals surface area contributed by atoms with E-state index in [2.05, 4.69) is 9.62 Å². The Kier molecular flexibility index (Phi) is 6.36. The normalized spacial score (nSPS) is 20.4. The van der Waals surface area contributed by atoms with Gasteiger partial charge in [-0.1, -0.05) is 12.1 Å². The largest absolute Gasteiger partial charge is 0.468 e. The van der Waals surface area contributed by atoms with Crippen LogP contribution in [-0.4, -0.2) is 56.3 Å². The van der Waals surface area contributed by atoms with E-state index in [4.69, 9.17) is 4.42 Å². The highest BCUT2D eigenvalue weighted by Crippen LogP contribution is 2.21. The van der Waals surface area contributed by atoms with Crippen molar-refractivity contribution in [3.8, 4) is 0 Å². The summed E-state index contributed by atoms with van der Waals surface area (Å²) in [5.41, 5.74) is 0.781. The lowest BCUT2D eigenvalue weighted by atomic mass is 10.2. The second-order valence-electron chi connectivity index (χ2n) is 7.78. The molecule has 2 aromatic rings. The average molecular weight is 430 g/mol. The fourth-order valence-electron chi connectivity index (χ4n) is 4.04. The zero-order valence-electron chi connectivity index (χ0n) is 16.9. The van der Waals surface area contributed by atoms with Crippen LogP contribution in [0, 0.1) is 0 Å². The Morgan fingerprint density at radius 1 is 1.13 bits per heavy atom. The molecule has 0 aliphatic carbocycles. The second kappa shape index (κ2) is 9.16. The summed E-state index contributed by atoms with van der Waals surface area (Å²) in [5.74, 6) is 0.555. The number of hydrogen-bond acceptors (Lipinski definition) is 5. The minimum Gasteiger partial charge on any atom is -0.468 e. The van der Waals surface area contributed by atoms with E-state index in [1.54, 1.807) is 36.4 Å². The molecule has 3 heterocycles. The highest BCUT2D eigenvalue weighted by atomic mass is 32.2. The highest BCUT2D eigenvalue weighted by molar-refractivity contribution is 7.89. The summed E-state index contributed by atoms with van der Waals surface area (Å²) in [6.45, 7) is 3.98. The van der Waals surface area contributed by atoms with Crippen LogP contribution in [0.4, 0.5) is 0 Å². The van der Waals surface area contributed by atoms with Crippen LogP contribution in [0.3, 0.4) is 0 Å². The molecule has 1 aromatic heterocycles. The summed E-state index contributed by atoms with van der Waals surface area (Å²) in [7, 11) is -3.63. The van der Waals surface area contributed by atoms with Gasteiger partial charge < -0.3 is 9.32 Å². The smallest absolute Gasteiger partial charge is 0.246 e. The molecular weight excluding hydrogens is 402 g/mol. The third-order valence-corrected chi connectivity index (χ3v) is 7.17. The fourth-order valence-corrected chi connectivity index (χ4v) is 5.03. The number of nitrogens with zero attached hydrogens (tertiary/aromatic N) is 2. The van der Waals surface area contributed by atoms with Gasteiger partial charge in [0, 0.05) is 25.2 Å². The van der Waals surface area contributed by atoms with E-state index in [9.17, 15) is 13.2 Å². The number of sulfonamides is 1. The SMILES string of the molecule is O=C(/C=C/c1ccc(S(=O)(=O)NCc2ccco2)cc1)N1CCC(N2CCCC2)C1. The lowest BCUT2D eigenvalue weighted by Crippen LogP contribution is -2.36. The van der Waals surface area contributed by atoms with Crippen molar-refractivity contribution in [2.75, 3.05) is 26.2 Å². The number of amides is 1. The first-order chi connectivity index (χ1) is 14.5. The first-order valence-electron chi connectivity index (χ1n) is 10.3. The van der Waals surface area contributed by atoms with Crippen LogP contribution in [-0.2, 0) is 21.4 Å². The summed E-state index contributed by atoms with van der Waals surface area (Å²) in [4.78, 5) is 17.1. The Hall–Kier alpha value is -2.42. The van der Waals surface area contributed by atoms with E-state index in [0.717, 1.165) is 38.2 Å². The molecule has 2 aliphatic rings. The minimum absolute atomic E-state index is 0.00788. The van der Waals surface area contributed by atoms with Crippen molar-refractivity contribution >= 4 is 22.0 Å². The van der Waals surface area contributed by atoms with Crippen LogP contribution >= 0.6 is 0 Å². The molecule has 4 rings (SSSR count). The van der Waals surface area contributed by atoms with Gasteiger partial charge in [-0.15, -0.1) is 0 Å². The van der Waals surface area contributed by atoms with Gasteiger partial charge >= 0.3 is 0 Å². The molecule has 30 heavy (non-hydrogen) atoms. The highest BCUT2D eigenvalue weighted by Gasteiger charge is 2.30. The topological polar surface area (TPSA) is 82.9 Å². The number of nitrogens with one attached hydrogen (secondary N) is 1. The molecule has 1 atom stereocenters. The Morgan fingerprint density at radius 2 is 1.90 bits per heavy atom. The molecule has 1 aromatic carbocycles. The van der Waals surface area contributed by atoms with Crippen molar-refractivity contribution in [2.24, 2.45) is 0 Å². The predicted molar refractivity (Wildman–Crippen MR) is 114 cm³/mol. The predicted octanol–water partition coefficient (Wildman–Crippen LogP) is 2.47. The number of carbonyl (C=O) groups is 1. The second-order valence-corrected chi connectivity index (χ2v) is 9.54. The summed E-state index contributed by atoms with van der Waals surface area (Å²) >= 11 is 0. The quantitative estimate of drug-likeness (QED) is 0.684. The van der Waals surface area contributed by atoms with Crippen molar-refractivity contribution < 1.29 is 17.6 Å². The molecule has 0 bridgehead atoms. The Bertz CT molecular complexity index is 978. The zero-order valence-corrected chi connectivity index (χ0v) is 17.7. The van der Waals surface area contributed by atoms with Crippen LogP contribution in [0.1, 0.15) is 30.6 Å². The van der Waals surface area contributed by atoms with Crippen molar-refractivity contribution in [2.45, 2.75) is 36.7 Å². The van der Waals surface area contributed by atoms with Gasteiger partial charge in [0.2, 0.25) is 15.9 Å². The molecule has 8 heteroatoms. The molecule has 1 amide bonds. The summed E-state index contributed by atoms with van der Waals surface area (Å²) in [6.07, 6.45) is 8.37. The lowest BCUT2D eigenvalue weighted by molar-refractivity contribution is -0.125. The molecule has 7 nitrogen and oxygen atoms in total. The zero-order chi connectivity index (χ0) is 21.0. The lowest BCUT2D eigenvalue weighted by Gasteiger charge is -2.23. The molecule has 2 aliphatic heterocycles. The van der Waals surface area contributed by atoms with Gasteiger partial charge in [-0.3, -0.25) is 9.69 Å². The number of furan rings is 1. The molecule has 2 fully saturated rings. The van der Waals surface area contributed by atoms with Crippen LogP contribution in [0.25, 0.3) is 6.08 Å². The van der Waals surface area contributed by atoms with Crippen LogP contribution < -0.4 is 4.72 Å². The number of hydrogen-bond donors (Lipinski definition) is 1. The monoisotopic (exact) mass is 429 g/mol. The van der Waals surface area contributed by atoms with Crippen molar-refractivity contribution in [1.82, 2.24) is 14.5 Å². The summed E-state index contributed by atoms with van der Waals surface area (Å²) in [6, 6.07) is 10.4. The van der Waals surface area contributed by atoms with Crippen molar-refractivity contribution in [3.05, 3.63) is 60.1 Å². The van der Waals surface area contributed by atoms with Gasteiger partial charge in [0.1, 0.15) is 5.76 Å². The van der Waals surface area contributed by atoms with Gasteiger partial charge in [-0.05, 0) is 68.3 Å². The maximum Gasteiger partial charge on any atom is 0.246 e. The third-order valence-electron chi connectivity index (χ3n) is 5.76. The molecule has 2 saturated heterocycles. The fraction of sp³-hybridized carbons (Fsp3) is 0.409. The molecule has 0 saturated carbocycles. The van der Waals surface area contributed by atoms with Gasteiger partial charge in [0.15, 0.2) is 0 Å². The Morgan fingerprint density at radius 3 is 2.60 bits per heavy atom. The Labute approximate surface area is 177 Å². The van der Waals surface area contributed by atoms with E-state index in [-0.39, 0.29) is 17.3 Å². The first-order valence-corrected chi connectivity index (χ1v) is 11.8. The van der Waals surface area contributed by atoms with E-state index in [1.807, 2.05) is 4.90 Å². The van der Waals surface area contributed by atoms with Crippen LogP contribution in [0.15, 0.2) is 58.1 Å². The summed E-state index contributed by atoms with van der Waals surface area (Å²) < 4.78 is 32.4. The van der Waals surface area contributed by atoms with E-state index in [1.165, 1.54) is 31.2 Å². The maximum absolute atomic E-state index is 12.5. The Balaban J connectivity index is 1.31. The number of carbonyl (C=O) groups excluding carboxylic acids is 1. The van der Waals surface area contributed by atoms with Crippen LogP contribution in [0.2, 0.25) is 0 Å². The molecule has 1 N–H and O–H groups in total. The molecule has 1 unspecified atom stereocenters. The van der Waals surface area contributed by atoms with Gasteiger partial charge in [0.25, 0.3) is 0 Å². The molecular formula is C22H27N3O4S. The van der Waals surface area contributed by atoms with Gasteiger partial charge in [-0.2, -0.15) is 0 Å². The summed E-state index contributed by atoms with van der Waals surface area (Å²) in [5, 5.41) is 0. The average Bonchev–Trinajstić information content (AvgIpc) is 3.52. The van der Waals surface area contributed by atoms with E-state index < -0.39 is 10.0 Å². The van der Waals surface area contributed by atoms with Gasteiger partial charge in [-0.25, -0.2) is 13.1 Å².